The minimum absolute atomic E-state index is 0.0986. The number of hydroxylamine groups is 2. The first-order chi connectivity index (χ1) is 24.4. The van der Waals surface area contributed by atoms with Crippen molar-refractivity contribution in [1.82, 2.24) is 10.4 Å². The van der Waals surface area contributed by atoms with E-state index in [2.05, 4.69) is 99.7 Å². The normalized spacial score (nSPS) is 27.4. The summed E-state index contributed by atoms with van der Waals surface area (Å²) < 4.78 is 6.15. The molecule has 3 aromatic rings. The Labute approximate surface area is 305 Å². The molecular formula is C43H60N4O4. The lowest BCUT2D eigenvalue weighted by atomic mass is 9.45. The Hall–Kier alpha value is -3.43. The second-order valence-electron chi connectivity index (χ2n) is 16.3. The Bertz CT molecular complexity index is 1640. The van der Waals surface area contributed by atoms with E-state index in [0.29, 0.717) is 29.7 Å². The fraction of sp³-hybridized carbons (Fsp3) is 0.558. The van der Waals surface area contributed by atoms with E-state index in [9.17, 15) is 9.90 Å². The second kappa shape index (κ2) is 15.7. The Balaban J connectivity index is 1.24. The largest absolute Gasteiger partial charge is 0.496 e. The third-order valence-corrected chi connectivity index (χ3v) is 12.6. The van der Waals surface area contributed by atoms with Crippen LogP contribution in [0.3, 0.4) is 0 Å². The molecule has 0 spiro atoms. The van der Waals surface area contributed by atoms with E-state index < -0.39 is 24.2 Å². The monoisotopic (exact) mass is 696 g/mol. The number of hydrogen-bond acceptors (Lipinski definition) is 7. The van der Waals surface area contributed by atoms with E-state index in [4.69, 9.17) is 15.3 Å². The molecule has 0 unspecified atom stereocenters. The number of anilines is 1. The van der Waals surface area contributed by atoms with Crippen molar-refractivity contribution >= 4 is 11.6 Å². The van der Waals surface area contributed by atoms with E-state index in [1.54, 1.807) is 19.1 Å². The molecule has 4 N–H and O–H groups in total. The van der Waals surface area contributed by atoms with Gasteiger partial charge < -0.3 is 25.8 Å². The Morgan fingerprint density at radius 2 is 1.78 bits per heavy atom. The van der Waals surface area contributed by atoms with Crippen molar-refractivity contribution in [2.45, 2.75) is 97.1 Å². The van der Waals surface area contributed by atoms with Crippen molar-refractivity contribution in [3.63, 3.8) is 0 Å². The smallest absolute Gasteiger partial charge is 0.240 e. The van der Waals surface area contributed by atoms with Crippen LogP contribution in [-0.2, 0) is 29.0 Å². The first-order valence-corrected chi connectivity index (χ1v) is 19.1. The highest BCUT2D eigenvalue weighted by atomic mass is 16.7. The van der Waals surface area contributed by atoms with Crippen LogP contribution >= 0.6 is 0 Å². The fourth-order valence-electron chi connectivity index (χ4n) is 9.41. The number of para-hydroxylation sites is 1. The molecule has 0 aromatic heterocycles. The van der Waals surface area contributed by atoms with E-state index in [1.807, 2.05) is 12.1 Å². The molecule has 2 bridgehead atoms. The third kappa shape index (κ3) is 7.71. The number of aliphatic hydroxyl groups excluding tert-OH is 1. The van der Waals surface area contributed by atoms with Crippen LogP contribution in [0.25, 0.3) is 11.1 Å². The number of nitrogens with two attached hydrogens (primary N) is 1. The number of ether oxygens (including phenoxy) is 1. The maximum Gasteiger partial charge on any atom is 0.240 e. The number of amides is 1. The van der Waals surface area contributed by atoms with Crippen molar-refractivity contribution in [3.8, 4) is 16.9 Å². The number of nitrogens with one attached hydrogen (secondary N) is 1. The van der Waals surface area contributed by atoms with Crippen molar-refractivity contribution < 1.29 is 19.5 Å². The molecule has 3 aliphatic carbocycles. The highest BCUT2D eigenvalue weighted by Crippen LogP contribution is 2.61. The number of nitrogens with zero attached hydrogens (tertiary/aromatic N) is 2. The maximum absolute atomic E-state index is 14.3. The number of benzene rings is 3. The molecule has 1 aliphatic heterocycles. The number of fused-ring (bicyclic) bond motifs is 2. The van der Waals surface area contributed by atoms with Crippen LogP contribution in [0.2, 0.25) is 0 Å². The van der Waals surface area contributed by atoms with Gasteiger partial charge in [-0.1, -0.05) is 75.4 Å². The number of aliphatic hydroxyl groups is 1. The molecule has 8 atom stereocenters. The summed E-state index contributed by atoms with van der Waals surface area (Å²) in [6.07, 6.45) is 5.27. The van der Waals surface area contributed by atoms with Crippen molar-refractivity contribution in [3.05, 3.63) is 83.4 Å². The molecule has 3 aromatic carbocycles. The molecule has 51 heavy (non-hydrogen) atoms. The van der Waals surface area contributed by atoms with Crippen LogP contribution in [0.4, 0.5) is 5.69 Å². The van der Waals surface area contributed by atoms with E-state index >= 15 is 0 Å². The molecule has 0 radical (unpaired) electrons. The lowest BCUT2D eigenvalue weighted by Gasteiger charge is -2.62. The van der Waals surface area contributed by atoms with Gasteiger partial charge in [0.15, 0.2) is 0 Å². The Morgan fingerprint density at radius 1 is 1.06 bits per heavy atom. The van der Waals surface area contributed by atoms with Gasteiger partial charge in [-0.25, -0.2) is 0 Å². The van der Waals surface area contributed by atoms with Gasteiger partial charge in [0.05, 0.1) is 25.9 Å². The standard InChI is InChI=1S/C43H60N4O4/c1-27-36-23-33(43(36,3)4)24-37(27)45-42(49)40-39(28(2)48)38(25-44)51-47(40)26-31-18-13-19-35(41(31)50-7)32-20-30(21-34(22-32)46(5)6)17-12-11-16-29-14-9-8-10-15-29/h8-10,13-15,18-22,27-28,33,36-40,48H,11-12,16-17,23-26,44H2,1-7H3,(H,45,49)/t27-,28-,33+,36-,37-,38-,39+,40-/m0/s1. The molecule has 1 saturated heterocycles. The quantitative estimate of drug-likeness (QED) is 0.163. The zero-order valence-electron chi connectivity index (χ0n) is 31.8. The number of methoxy groups -OCH3 is 1. The summed E-state index contributed by atoms with van der Waals surface area (Å²) in [5, 5.41) is 16.2. The molecular weight excluding hydrogens is 636 g/mol. The lowest BCUT2D eigenvalue weighted by Crippen LogP contribution is -2.62. The number of rotatable bonds is 14. The van der Waals surface area contributed by atoms with Crippen LogP contribution in [0.5, 0.6) is 5.75 Å². The van der Waals surface area contributed by atoms with Crippen LogP contribution < -0.4 is 20.7 Å². The van der Waals surface area contributed by atoms with Crippen LogP contribution in [0.1, 0.15) is 70.1 Å². The number of hydrogen-bond donors (Lipinski definition) is 3. The summed E-state index contributed by atoms with van der Waals surface area (Å²) in [5.74, 6) is 1.81. The van der Waals surface area contributed by atoms with Gasteiger partial charge in [-0.05, 0) is 97.4 Å². The number of aryl methyl sites for hydroxylation is 2. The summed E-state index contributed by atoms with van der Waals surface area (Å²) in [5.41, 5.74) is 13.3. The van der Waals surface area contributed by atoms with E-state index in [0.717, 1.165) is 60.2 Å². The number of carbonyl (C=O) groups excluding carboxylic acids is 1. The molecule has 7 rings (SSSR count). The van der Waals surface area contributed by atoms with Gasteiger partial charge in [-0.2, -0.15) is 5.06 Å². The topological polar surface area (TPSA) is 100 Å². The minimum Gasteiger partial charge on any atom is -0.496 e. The zero-order valence-corrected chi connectivity index (χ0v) is 31.8. The summed E-state index contributed by atoms with van der Waals surface area (Å²) in [4.78, 5) is 22.8. The van der Waals surface area contributed by atoms with Crippen molar-refractivity contribution in [2.75, 3.05) is 32.6 Å². The molecule has 8 heteroatoms. The fourth-order valence-corrected chi connectivity index (χ4v) is 9.41. The molecule has 4 fully saturated rings. The molecule has 1 amide bonds. The van der Waals surface area contributed by atoms with Gasteiger partial charge in [-0.15, -0.1) is 0 Å². The summed E-state index contributed by atoms with van der Waals surface area (Å²) in [6, 6.07) is 23.1. The second-order valence-corrected chi connectivity index (χ2v) is 16.3. The van der Waals surface area contributed by atoms with Gasteiger partial charge in [0.2, 0.25) is 5.91 Å². The molecule has 1 heterocycles. The van der Waals surface area contributed by atoms with E-state index in [1.165, 1.54) is 17.5 Å². The summed E-state index contributed by atoms with van der Waals surface area (Å²) in [7, 11) is 5.86. The average Bonchev–Trinajstić information content (AvgIpc) is 3.49. The van der Waals surface area contributed by atoms with Crippen molar-refractivity contribution in [2.24, 2.45) is 34.8 Å². The van der Waals surface area contributed by atoms with Crippen LogP contribution in [0, 0.1) is 29.1 Å². The van der Waals surface area contributed by atoms with Gasteiger partial charge >= 0.3 is 0 Å². The first-order valence-electron chi connectivity index (χ1n) is 19.1. The SMILES string of the molecule is COc1c(CN2O[C@@H](CN)[C@@H]([C@H](C)O)[C@H]2C(=O)N[C@H]2C[C@H]3C[C@@H]([C@@H]2C)C3(C)C)cccc1-c1cc(CCCCc2ccccc2)cc(N(C)C)c1. The first kappa shape index (κ1) is 37.3. The van der Waals surface area contributed by atoms with Crippen LogP contribution in [0.15, 0.2) is 66.7 Å². The van der Waals surface area contributed by atoms with Crippen molar-refractivity contribution in [1.29, 1.82) is 0 Å². The molecule has 3 saturated carbocycles. The number of carbonyl (C=O) groups is 1. The third-order valence-electron chi connectivity index (χ3n) is 12.6. The van der Waals surface area contributed by atoms with Gasteiger partial charge in [0, 0.05) is 49.4 Å². The maximum atomic E-state index is 14.3. The molecule has 4 aliphatic rings. The summed E-state index contributed by atoms with van der Waals surface area (Å²) >= 11 is 0. The van der Waals surface area contributed by atoms with Gasteiger partial charge in [0.25, 0.3) is 0 Å². The molecule has 8 nitrogen and oxygen atoms in total. The highest BCUT2D eigenvalue weighted by molar-refractivity contribution is 5.83. The molecule has 276 valence electrons. The lowest BCUT2D eigenvalue weighted by molar-refractivity contribution is -0.175. The minimum atomic E-state index is -0.775. The highest BCUT2D eigenvalue weighted by Gasteiger charge is 2.57. The number of unbranched alkanes of at least 4 members (excludes halogenated alkanes) is 1. The van der Waals surface area contributed by atoms with Gasteiger partial charge in [-0.3, -0.25) is 9.63 Å². The summed E-state index contributed by atoms with van der Waals surface area (Å²) in [6.45, 7) is 9.27. The van der Waals surface area contributed by atoms with E-state index in [-0.39, 0.29) is 18.5 Å². The zero-order chi connectivity index (χ0) is 36.4. The van der Waals surface area contributed by atoms with Crippen LogP contribution in [-0.4, -0.2) is 68.1 Å². The predicted octanol–water partition coefficient (Wildman–Crippen LogP) is 6.62. The van der Waals surface area contributed by atoms with Gasteiger partial charge in [0.1, 0.15) is 11.8 Å². The predicted molar refractivity (Wildman–Crippen MR) is 205 cm³/mol. The average molecular weight is 697 g/mol. The Kier molecular flexibility index (Phi) is 11.5. The Morgan fingerprint density at radius 3 is 2.41 bits per heavy atom.